The molecule has 0 amide bonds. The van der Waals surface area contributed by atoms with Crippen LogP contribution in [0.3, 0.4) is 0 Å². The third-order valence-corrected chi connectivity index (χ3v) is 3.99. The molecule has 0 bridgehead atoms. The van der Waals surface area contributed by atoms with Crippen LogP contribution in [0.5, 0.6) is 0 Å². The second-order valence-corrected chi connectivity index (χ2v) is 5.71. The highest BCUT2D eigenvalue weighted by molar-refractivity contribution is 9.10. The smallest absolute Gasteiger partial charge is 0.150 e. The first-order chi connectivity index (χ1) is 10.3. The van der Waals surface area contributed by atoms with Crippen molar-refractivity contribution in [3.63, 3.8) is 0 Å². The van der Waals surface area contributed by atoms with E-state index in [1.807, 2.05) is 36.4 Å². The maximum absolute atomic E-state index is 11.1. The van der Waals surface area contributed by atoms with E-state index in [0.717, 1.165) is 27.4 Å². The minimum atomic E-state index is 0.717. The lowest BCUT2D eigenvalue weighted by molar-refractivity contribution is 0.112. The quantitative estimate of drug-likeness (QED) is 0.569. The Bertz CT molecular complexity index is 758. The Hall–Kier alpha value is -2.19. The zero-order valence-corrected chi connectivity index (χ0v) is 12.9. The van der Waals surface area contributed by atoms with E-state index >= 15 is 0 Å². The maximum Gasteiger partial charge on any atom is 0.150 e. The number of benzene rings is 3. The Labute approximate surface area is 132 Å². The van der Waals surface area contributed by atoms with Crippen LogP contribution in [0.15, 0.2) is 77.3 Å². The van der Waals surface area contributed by atoms with Crippen molar-refractivity contribution in [2.45, 2.75) is 0 Å². The number of halogens is 1. The van der Waals surface area contributed by atoms with Crippen molar-refractivity contribution >= 4 is 22.2 Å². The van der Waals surface area contributed by atoms with Crippen molar-refractivity contribution in [3.8, 4) is 22.3 Å². The summed E-state index contributed by atoms with van der Waals surface area (Å²) >= 11 is 3.44. The summed E-state index contributed by atoms with van der Waals surface area (Å²) in [6.45, 7) is 0. The Morgan fingerprint density at radius 1 is 0.667 bits per heavy atom. The average molecular weight is 337 g/mol. The number of carbonyl (C=O) groups excluding carboxylic acids is 1. The predicted octanol–water partition coefficient (Wildman–Crippen LogP) is 5.60. The molecule has 0 aromatic heterocycles. The van der Waals surface area contributed by atoms with Gasteiger partial charge in [-0.1, -0.05) is 76.6 Å². The van der Waals surface area contributed by atoms with Gasteiger partial charge in [0.2, 0.25) is 0 Å². The topological polar surface area (TPSA) is 17.1 Å². The number of hydrogen-bond acceptors (Lipinski definition) is 1. The first-order valence-corrected chi connectivity index (χ1v) is 7.48. The first-order valence-electron chi connectivity index (χ1n) is 6.68. The molecule has 3 aromatic carbocycles. The van der Waals surface area contributed by atoms with Crippen LogP contribution in [-0.4, -0.2) is 6.29 Å². The molecule has 0 unspecified atom stereocenters. The zero-order valence-electron chi connectivity index (χ0n) is 11.3. The summed E-state index contributed by atoms with van der Waals surface area (Å²) in [5, 5.41) is 0. The highest BCUT2D eigenvalue weighted by atomic mass is 79.9. The molecule has 0 aliphatic rings. The highest BCUT2D eigenvalue weighted by Gasteiger charge is 2.04. The third kappa shape index (κ3) is 2.96. The zero-order chi connectivity index (χ0) is 14.7. The molecule has 1 nitrogen and oxygen atoms in total. The van der Waals surface area contributed by atoms with Crippen LogP contribution >= 0.6 is 15.9 Å². The molecule has 0 heterocycles. The SMILES string of the molecule is O=Cc1ccccc1-c1ccc(-c2ccc(Br)cc2)cc1. The van der Waals surface area contributed by atoms with Crippen LogP contribution in [-0.2, 0) is 0 Å². The van der Waals surface area contributed by atoms with Gasteiger partial charge in [-0.05, 0) is 34.4 Å². The fraction of sp³-hybridized carbons (Fsp3) is 0. The number of rotatable bonds is 3. The minimum absolute atomic E-state index is 0.717. The van der Waals surface area contributed by atoms with Crippen molar-refractivity contribution in [2.75, 3.05) is 0 Å². The second-order valence-electron chi connectivity index (χ2n) is 4.79. The van der Waals surface area contributed by atoms with Gasteiger partial charge in [-0.15, -0.1) is 0 Å². The molecule has 0 aliphatic carbocycles. The number of hydrogen-bond donors (Lipinski definition) is 0. The fourth-order valence-corrected chi connectivity index (χ4v) is 2.61. The summed E-state index contributed by atoms with van der Waals surface area (Å²) in [7, 11) is 0. The fourth-order valence-electron chi connectivity index (χ4n) is 2.35. The molecule has 0 radical (unpaired) electrons. The van der Waals surface area contributed by atoms with Gasteiger partial charge in [0.15, 0.2) is 6.29 Å². The summed E-state index contributed by atoms with van der Waals surface area (Å²) in [5.74, 6) is 0. The van der Waals surface area contributed by atoms with E-state index in [-0.39, 0.29) is 0 Å². The molecule has 0 saturated heterocycles. The summed E-state index contributed by atoms with van der Waals surface area (Å²) in [6, 6.07) is 24.1. The van der Waals surface area contributed by atoms with Crippen molar-refractivity contribution in [1.29, 1.82) is 0 Å². The molecule has 3 rings (SSSR count). The van der Waals surface area contributed by atoms with Crippen LogP contribution < -0.4 is 0 Å². The highest BCUT2D eigenvalue weighted by Crippen LogP contribution is 2.27. The molecule has 102 valence electrons. The molecule has 21 heavy (non-hydrogen) atoms. The molecule has 3 aromatic rings. The summed E-state index contributed by atoms with van der Waals surface area (Å²) in [4.78, 5) is 11.1. The minimum Gasteiger partial charge on any atom is -0.298 e. The van der Waals surface area contributed by atoms with E-state index in [1.165, 1.54) is 5.56 Å². The monoisotopic (exact) mass is 336 g/mol. The van der Waals surface area contributed by atoms with E-state index < -0.39 is 0 Å². The van der Waals surface area contributed by atoms with Crippen LogP contribution in [0, 0.1) is 0 Å². The van der Waals surface area contributed by atoms with Gasteiger partial charge in [0.05, 0.1) is 0 Å². The molecular formula is C19H13BrO. The van der Waals surface area contributed by atoms with Gasteiger partial charge in [0.1, 0.15) is 0 Å². The van der Waals surface area contributed by atoms with Crippen molar-refractivity contribution in [2.24, 2.45) is 0 Å². The summed E-state index contributed by atoms with van der Waals surface area (Å²) in [6.07, 6.45) is 0.901. The normalized spacial score (nSPS) is 10.3. The van der Waals surface area contributed by atoms with Crippen LogP contribution in [0.2, 0.25) is 0 Å². The Kier molecular flexibility index (Phi) is 3.98. The molecule has 0 N–H and O–H groups in total. The molecular weight excluding hydrogens is 324 g/mol. The van der Waals surface area contributed by atoms with E-state index in [9.17, 15) is 4.79 Å². The van der Waals surface area contributed by atoms with E-state index in [2.05, 4.69) is 52.3 Å². The van der Waals surface area contributed by atoms with Crippen molar-refractivity contribution in [3.05, 3.63) is 82.8 Å². The molecule has 0 saturated carbocycles. The van der Waals surface area contributed by atoms with Crippen LogP contribution in [0.1, 0.15) is 10.4 Å². The van der Waals surface area contributed by atoms with Gasteiger partial charge in [-0.25, -0.2) is 0 Å². The van der Waals surface area contributed by atoms with Gasteiger partial charge in [0, 0.05) is 10.0 Å². The van der Waals surface area contributed by atoms with Gasteiger partial charge in [-0.3, -0.25) is 4.79 Å². The van der Waals surface area contributed by atoms with E-state index in [0.29, 0.717) is 5.56 Å². The predicted molar refractivity (Wildman–Crippen MR) is 90.4 cm³/mol. The Morgan fingerprint density at radius 3 is 1.81 bits per heavy atom. The van der Waals surface area contributed by atoms with Gasteiger partial charge >= 0.3 is 0 Å². The second kappa shape index (κ2) is 6.06. The lowest BCUT2D eigenvalue weighted by Gasteiger charge is -2.07. The largest absolute Gasteiger partial charge is 0.298 e. The standard InChI is InChI=1S/C19H13BrO/c20-18-11-9-15(10-12-18)14-5-7-16(8-6-14)19-4-2-1-3-17(19)13-21/h1-13H. The van der Waals surface area contributed by atoms with Crippen LogP contribution in [0.4, 0.5) is 0 Å². The molecule has 0 spiro atoms. The molecule has 0 fully saturated rings. The Balaban J connectivity index is 1.97. The Morgan fingerprint density at radius 2 is 1.19 bits per heavy atom. The lowest BCUT2D eigenvalue weighted by atomic mass is 9.97. The summed E-state index contributed by atoms with van der Waals surface area (Å²) < 4.78 is 1.07. The van der Waals surface area contributed by atoms with Gasteiger partial charge in [0.25, 0.3) is 0 Å². The van der Waals surface area contributed by atoms with E-state index in [1.54, 1.807) is 0 Å². The number of aldehydes is 1. The average Bonchev–Trinajstić information content (AvgIpc) is 2.56. The third-order valence-electron chi connectivity index (χ3n) is 3.46. The maximum atomic E-state index is 11.1. The summed E-state index contributed by atoms with van der Waals surface area (Å²) in [5.41, 5.74) is 5.07. The van der Waals surface area contributed by atoms with Gasteiger partial charge < -0.3 is 0 Å². The molecule has 2 heteroatoms. The molecule has 0 aliphatic heterocycles. The van der Waals surface area contributed by atoms with Crippen molar-refractivity contribution in [1.82, 2.24) is 0 Å². The van der Waals surface area contributed by atoms with Crippen LogP contribution in [0.25, 0.3) is 22.3 Å². The number of carbonyl (C=O) groups is 1. The molecule has 0 atom stereocenters. The van der Waals surface area contributed by atoms with E-state index in [4.69, 9.17) is 0 Å². The lowest BCUT2D eigenvalue weighted by Crippen LogP contribution is -1.87. The first kappa shape index (κ1) is 13.8. The van der Waals surface area contributed by atoms with Crippen molar-refractivity contribution < 1.29 is 4.79 Å². The van der Waals surface area contributed by atoms with Gasteiger partial charge in [-0.2, -0.15) is 0 Å².